The van der Waals surface area contributed by atoms with Crippen molar-refractivity contribution in [2.75, 3.05) is 45.1 Å². The Hall–Kier alpha value is -2.82. The van der Waals surface area contributed by atoms with E-state index in [1.165, 1.54) is 9.57 Å². The van der Waals surface area contributed by atoms with Gasteiger partial charge in [0.25, 0.3) is 13.4 Å². The first kappa shape index (κ1) is 49.3. The van der Waals surface area contributed by atoms with Crippen molar-refractivity contribution in [1.29, 1.82) is 0 Å². The van der Waals surface area contributed by atoms with Gasteiger partial charge in [-0.25, -0.2) is 17.8 Å². The fourth-order valence-corrected chi connectivity index (χ4v) is 9.13. The van der Waals surface area contributed by atoms with Crippen LogP contribution in [-0.4, -0.2) is 114 Å². The molecule has 0 aromatic heterocycles. The minimum atomic E-state index is -3.37. The predicted molar refractivity (Wildman–Crippen MR) is 223 cm³/mol. The van der Waals surface area contributed by atoms with Gasteiger partial charge in [-0.2, -0.15) is 0 Å². The van der Waals surface area contributed by atoms with Crippen molar-refractivity contribution in [2.45, 2.75) is 115 Å². The second kappa shape index (κ2) is 22.9. The summed E-state index contributed by atoms with van der Waals surface area (Å²) in [5, 5.41) is 7.85. The Morgan fingerprint density at radius 1 is 0.929 bits per heavy atom. The molecule has 56 heavy (non-hydrogen) atoms. The minimum Gasteiger partial charge on any atom is -0.355 e. The highest BCUT2D eigenvalue weighted by Gasteiger charge is 2.41. The van der Waals surface area contributed by atoms with E-state index in [1.54, 1.807) is 70.8 Å². The molecule has 0 radical (unpaired) electrons. The number of nitrogens with zero attached hydrogens (tertiary/aromatic N) is 2. The molecular weight excluding hydrogens is 780 g/mol. The van der Waals surface area contributed by atoms with Crippen molar-refractivity contribution in [1.82, 2.24) is 24.9 Å². The van der Waals surface area contributed by atoms with Gasteiger partial charge in [-0.05, 0) is 87.9 Å². The molecule has 5 amide bonds. The number of benzene rings is 1. The fraction of sp³-hybridized carbons (Fsp3) is 0.711. The van der Waals surface area contributed by atoms with E-state index >= 15 is 0 Å². The van der Waals surface area contributed by atoms with Crippen molar-refractivity contribution in [3.63, 3.8) is 0 Å². The van der Waals surface area contributed by atoms with Crippen molar-refractivity contribution in [2.24, 2.45) is 17.8 Å². The van der Waals surface area contributed by atoms with Crippen LogP contribution in [0.2, 0.25) is 0 Å². The number of rotatable bonds is 19. The van der Waals surface area contributed by atoms with Gasteiger partial charge in [-0.3, -0.25) is 33.4 Å². The summed E-state index contributed by atoms with van der Waals surface area (Å²) in [5.41, 5.74) is 0.720. The third kappa shape index (κ3) is 16.2. The fourth-order valence-electron chi connectivity index (χ4n) is 6.09. The number of nitrogens with one attached hydrogen (secondary N) is 4. The number of carbonyl (C=O) groups excluding carboxylic acids is 5. The molecule has 318 valence electrons. The van der Waals surface area contributed by atoms with Crippen LogP contribution in [-0.2, 0) is 33.8 Å². The van der Waals surface area contributed by atoms with Gasteiger partial charge in [0.05, 0.1) is 10.5 Å². The van der Waals surface area contributed by atoms with Crippen LogP contribution in [0.1, 0.15) is 104 Å². The molecule has 1 aromatic rings. The first-order valence-corrected chi connectivity index (χ1v) is 23.7. The van der Waals surface area contributed by atoms with Gasteiger partial charge in [0.1, 0.15) is 0 Å². The van der Waals surface area contributed by atoms with Crippen LogP contribution >= 0.6 is 19.3 Å². The van der Waals surface area contributed by atoms with E-state index in [4.69, 9.17) is 0 Å². The Morgan fingerprint density at radius 2 is 1.54 bits per heavy atom. The number of hydrogen-bond donors (Lipinski definition) is 5. The maximum Gasteiger partial charge on any atom is 0.272 e. The molecule has 1 heterocycles. The predicted octanol–water partition coefficient (Wildman–Crippen LogP) is 4.43. The van der Waals surface area contributed by atoms with Crippen molar-refractivity contribution < 1.29 is 41.8 Å². The molecule has 2 aliphatic rings. The highest BCUT2D eigenvalue weighted by Crippen LogP contribution is 2.48. The topological polar surface area (TPSA) is 211 Å². The Kier molecular flexibility index (Phi) is 20.2. The zero-order valence-electron chi connectivity index (χ0n) is 34.5. The monoisotopic (exact) mass is 844 g/mol. The van der Waals surface area contributed by atoms with Crippen molar-refractivity contribution in [3.8, 4) is 0 Å². The number of hydrogen-bond acceptors (Lipinski definition) is 9. The third-order valence-corrected chi connectivity index (χ3v) is 15.2. The van der Waals surface area contributed by atoms with Crippen LogP contribution in [0.15, 0.2) is 24.3 Å². The summed E-state index contributed by atoms with van der Waals surface area (Å²) in [7, 11) is -5.10. The smallest absolute Gasteiger partial charge is 0.272 e. The van der Waals surface area contributed by atoms with Gasteiger partial charge < -0.3 is 20.8 Å². The van der Waals surface area contributed by atoms with Crippen LogP contribution in [0.5, 0.6) is 0 Å². The van der Waals surface area contributed by atoms with Gasteiger partial charge >= 0.3 is 0 Å². The first-order valence-electron chi connectivity index (χ1n) is 19.5. The Morgan fingerprint density at radius 3 is 2.07 bits per heavy atom. The van der Waals surface area contributed by atoms with Gasteiger partial charge in [0, 0.05) is 68.4 Å². The number of amides is 5. The van der Waals surface area contributed by atoms with Gasteiger partial charge in [-0.1, -0.05) is 41.5 Å². The summed E-state index contributed by atoms with van der Waals surface area (Å²) in [5.74, 6) is -0.0820. The lowest BCUT2D eigenvalue weighted by Gasteiger charge is -2.30. The average molecular weight is 845 g/mol. The molecule has 1 saturated heterocycles. The summed E-state index contributed by atoms with van der Waals surface area (Å²) in [6.07, 6.45) is 3.83. The van der Waals surface area contributed by atoms with Crippen LogP contribution in [0, 0.1) is 17.8 Å². The highest BCUT2D eigenvalue weighted by molar-refractivity contribution is 8.01. The van der Waals surface area contributed by atoms with Gasteiger partial charge in [0.2, 0.25) is 33.7 Å². The normalized spacial score (nSPS) is 20.0. The van der Waals surface area contributed by atoms with E-state index in [0.717, 1.165) is 25.7 Å². The summed E-state index contributed by atoms with van der Waals surface area (Å²) in [6.45, 7) is 16.0. The van der Waals surface area contributed by atoms with Crippen molar-refractivity contribution >= 4 is 64.5 Å². The minimum absolute atomic E-state index is 0.0223. The molecule has 2 unspecified atom stereocenters. The van der Waals surface area contributed by atoms with E-state index in [9.17, 15) is 41.8 Å². The molecule has 1 aliphatic heterocycles. The van der Waals surface area contributed by atoms with E-state index in [1.807, 2.05) is 27.7 Å². The lowest BCUT2D eigenvalue weighted by Crippen LogP contribution is -2.40. The molecule has 15 nitrogen and oxygen atoms in total. The Labute approximate surface area is 338 Å². The zero-order chi connectivity index (χ0) is 42.4. The van der Waals surface area contributed by atoms with Gasteiger partial charge in [0.15, 0.2) is 0 Å². The summed E-state index contributed by atoms with van der Waals surface area (Å²) in [4.78, 5) is 72.5. The third-order valence-electron chi connectivity index (χ3n) is 9.55. The van der Waals surface area contributed by atoms with Crippen LogP contribution in [0.4, 0.5) is 5.69 Å². The molecule has 2 fully saturated rings. The van der Waals surface area contributed by atoms with Crippen molar-refractivity contribution in [3.05, 3.63) is 29.8 Å². The molecule has 18 heteroatoms. The molecule has 1 aliphatic carbocycles. The van der Waals surface area contributed by atoms with E-state index in [0.29, 0.717) is 49.0 Å². The summed E-state index contributed by atoms with van der Waals surface area (Å²) < 4.78 is 39.2. The standard InChI is InChI=1S/C21H38N3O5PS.C17H27N3O4S/c1-14(2)30(28,29)23(5)11-10-22-20(26)17-8-6-16(7-9-17)13-24-19(25)12-18(21(24)27)31-15(3)4;1-12(2)11-16(21)20-15-7-5-14(6-8-15)17(22)18-9-10-19-25(23,24)13(3)4/h14-18H,6-13H2,1-5H3,(H,22,26)(H,28,29);5-8,12-13,19H,9-11H2,1-4H3,(H,18,22)(H,20,21). The number of anilines is 1. The average Bonchev–Trinajstić information content (AvgIpc) is 3.36. The number of thioether (sulfide) groups is 1. The van der Waals surface area contributed by atoms with Gasteiger partial charge in [-0.15, -0.1) is 11.8 Å². The molecule has 3 rings (SSSR count). The maximum atomic E-state index is 12.6. The zero-order valence-corrected chi connectivity index (χ0v) is 37.0. The first-order chi connectivity index (χ1) is 26.0. The van der Waals surface area contributed by atoms with Crippen LogP contribution < -0.4 is 20.7 Å². The van der Waals surface area contributed by atoms with E-state index < -0.39 is 22.8 Å². The molecule has 0 bridgehead atoms. The molecule has 1 saturated carbocycles. The summed E-state index contributed by atoms with van der Waals surface area (Å²) >= 11 is 1.55. The van der Waals surface area contributed by atoms with Crippen LogP contribution in [0.25, 0.3) is 0 Å². The Balaban J connectivity index is 0.000000396. The Bertz CT molecular complexity index is 1630. The number of imide groups is 1. The molecule has 1 aromatic carbocycles. The quantitative estimate of drug-likeness (QED) is 0.0747. The molecule has 5 N–H and O–H groups in total. The largest absolute Gasteiger partial charge is 0.355 e. The number of likely N-dealkylation sites (tertiary alicyclic amines) is 1. The SMILES string of the molecule is CC(C)CC(=O)Nc1ccc(C(=O)NCCNS(=O)(=O)C(C)C)cc1.CC(C)SC1CC(=O)N(CC2CCC(C(=O)NCCN(C)P(=O)(O)C(C)C)CC2)C1=O. The second-order valence-corrected chi connectivity index (χ2v) is 22.8. The lowest BCUT2D eigenvalue weighted by molar-refractivity contribution is -0.139. The second-order valence-electron chi connectivity index (χ2n) is 15.8. The van der Waals surface area contributed by atoms with Crippen LogP contribution in [0.3, 0.4) is 0 Å². The van der Waals surface area contributed by atoms with E-state index in [2.05, 4.69) is 20.7 Å². The highest BCUT2D eigenvalue weighted by atomic mass is 32.2. The maximum absolute atomic E-state index is 12.6. The van der Waals surface area contributed by atoms with E-state index in [-0.39, 0.29) is 71.3 Å². The molecular formula is C38H65N6O9PS2. The lowest BCUT2D eigenvalue weighted by atomic mass is 9.81. The molecule has 0 spiro atoms. The summed E-state index contributed by atoms with van der Waals surface area (Å²) in [6, 6.07) is 6.54. The number of likely N-dealkylation sites (N-methyl/N-ethyl adjacent to an activating group) is 1. The number of carbonyl (C=O) groups is 5. The molecule has 2 atom stereocenters. The number of sulfonamides is 1.